The maximum atomic E-state index is 12.0. The Morgan fingerprint density at radius 1 is 1.44 bits per heavy atom. The summed E-state index contributed by atoms with van der Waals surface area (Å²) in [7, 11) is 1.43. The zero-order valence-electron chi connectivity index (χ0n) is 11.9. The minimum atomic E-state index is -0.137. The number of ether oxygens (including phenoxy) is 1. The summed E-state index contributed by atoms with van der Waals surface area (Å²) in [5, 5.41) is 0. The van der Waals surface area contributed by atoms with Gasteiger partial charge in [0.15, 0.2) is 0 Å². The Morgan fingerprint density at radius 3 is 2.61 bits per heavy atom. The summed E-state index contributed by atoms with van der Waals surface area (Å²) in [5.74, 6) is 2.05. The Kier molecular flexibility index (Phi) is 3.52. The van der Waals surface area contributed by atoms with E-state index in [9.17, 15) is 9.59 Å². The van der Waals surface area contributed by atoms with Crippen molar-refractivity contribution in [3.05, 3.63) is 0 Å². The molecule has 2 aliphatic rings. The lowest BCUT2D eigenvalue weighted by Crippen LogP contribution is -2.18. The Labute approximate surface area is 109 Å². The van der Waals surface area contributed by atoms with E-state index >= 15 is 0 Å². The van der Waals surface area contributed by atoms with Gasteiger partial charge in [0.2, 0.25) is 0 Å². The second-order valence-electron chi connectivity index (χ2n) is 6.58. The number of ketones is 1. The van der Waals surface area contributed by atoms with Crippen molar-refractivity contribution in [3.8, 4) is 0 Å². The van der Waals surface area contributed by atoms with Crippen molar-refractivity contribution in [3.63, 3.8) is 0 Å². The minimum absolute atomic E-state index is 0.137. The Morgan fingerprint density at radius 2 is 2.11 bits per heavy atom. The van der Waals surface area contributed by atoms with Crippen molar-refractivity contribution in [2.24, 2.45) is 29.1 Å². The molecule has 4 atom stereocenters. The van der Waals surface area contributed by atoms with Crippen molar-refractivity contribution < 1.29 is 14.3 Å². The fourth-order valence-electron chi connectivity index (χ4n) is 4.01. The van der Waals surface area contributed by atoms with E-state index in [1.165, 1.54) is 7.11 Å². The van der Waals surface area contributed by atoms with E-state index < -0.39 is 0 Å². The highest BCUT2D eigenvalue weighted by Crippen LogP contribution is 2.66. The van der Waals surface area contributed by atoms with Crippen molar-refractivity contribution >= 4 is 11.8 Å². The molecule has 0 unspecified atom stereocenters. The summed E-state index contributed by atoms with van der Waals surface area (Å²) in [6, 6.07) is 0. The summed E-state index contributed by atoms with van der Waals surface area (Å²) in [6.45, 7) is 6.66. The molecule has 0 aliphatic heterocycles. The SMILES string of the molecule is COC(=O)CC[C@@H]1[C@H]([C@H]2C(=O)CC[C@H]2C)C1(C)C. The highest BCUT2D eigenvalue weighted by atomic mass is 16.5. The van der Waals surface area contributed by atoms with Crippen LogP contribution in [0, 0.1) is 29.1 Å². The maximum absolute atomic E-state index is 12.0. The molecular formula is C15H24O3. The summed E-state index contributed by atoms with van der Waals surface area (Å²) < 4.78 is 4.69. The normalized spacial score (nSPS) is 37.7. The fraction of sp³-hybridized carbons (Fsp3) is 0.867. The molecule has 0 heterocycles. The zero-order chi connectivity index (χ0) is 13.5. The number of hydrogen-bond acceptors (Lipinski definition) is 3. The first-order valence-corrected chi connectivity index (χ1v) is 6.99. The van der Waals surface area contributed by atoms with Gasteiger partial charge in [-0.1, -0.05) is 20.8 Å². The van der Waals surface area contributed by atoms with E-state index in [1.807, 2.05) is 0 Å². The second-order valence-corrected chi connectivity index (χ2v) is 6.58. The first kappa shape index (κ1) is 13.6. The minimum Gasteiger partial charge on any atom is -0.469 e. The molecule has 2 saturated carbocycles. The van der Waals surface area contributed by atoms with Gasteiger partial charge in [0.25, 0.3) is 0 Å². The van der Waals surface area contributed by atoms with E-state index in [0.717, 1.165) is 19.3 Å². The average Bonchev–Trinajstić information content (AvgIpc) is 2.68. The largest absolute Gasteiger partial charge is 0.469 e. The fourth-order valence-corrected chi connectivity index (χ4v) is 4.01. The standard InChI is InChI=1S/C15H24O3/c1-9-5-7-11(16)13(9)14-10(15(14,2)3)6-8-12(17)18-4/h9-10,13-14H,5-8H2,1-4H3/t9-,10-,13-,14-/m1/s1. The number of Topliss-reactive ketones (excluding diaryl/α,β-unsaturated/α-hetero) is 1. The van der Waals surface area contributed by atoms with E-state index in [4.69, 9.17) is 4.74 Å². The van der Waals surface area contributed by atoms with Crippen molar-refractivity contribution in [1.82, 2.24) is 0 Å². The van der Waals surface area contributed by atoms with Crippen LogP contribution in [0.4, 0.5) is 0 Å². The molecule has 0 spiro atoms. The van der Waals surface area contributed by atoms with Crippen LogP contribution < -0.4 is 0 Å². The van der Waals surface area contributed by atoms with Crippen LogP contribution in [0.15, 0.2) is 0 Å². The van der Waals surface area contributed by atoms with Crippen LogP contribution >= 0.6 is 0 Å². The molecule has 2 fully saturated rings. The third kappa shape index (κ3) is 2.19. The lowest BCUT2D eigenvalue weighted by molar-refractivity contribution is -0.140. The van der Waals surface area contributed by atoms with Gasteiger partial charge in [-0.05, 0) is 36.0 Å². The predicted molar refractivity (Wildman–Crippen MR) is 68.9 cm³/mol. The van der Waals surface area contributed by atoms with Crippen LogP contribution in [-0.4, -0.2) is 18.9 Å². The van der Waals surface area contributed by atoms with Crippen LogP contribution in [0.1, 0.15) is 46.5 Å². The van der Waals surface area contributed by atoms with Gasteiger partial charge in [-0.2, -0.15) is 0 Å². The van der Waals surface area contributed by atoms with Gasteiger partial charge in [-0.3, -0.25) is 9.59 Å². The number of carbonyl (C=O) groups excluding carboxylic acids is 2. The third-order valence-electron chi connectivity index (χ3n) is 5.24. The van der Waals surface area contributed by atoms with Crippen molar-refractivity contribution in [1.29, 1.82) is 0 Å². The number of hydrogen-bond donors (Lipinski definition) is 0. The molecule has 0 radical (unpaired) electrons. The lowest BCUT2D eigenvalue weighted by atomic mass is 9.88. The van der Waals surface area contributed by atoms with Crippen LogP contribution in [0.25, 0.3) is 0 Å². The van der Waals surface area contributed by atoms with Gasteiger partial charge in [0.05, 0.1) is 7.11 Å². The molecule has 0 saturated heterocycles. The first-order chi connectivity index (χ1) is 8.39. The molecule has 0 aromatic rings. The predicted octanol–water partition coefficient (Wildman–Crippen LogP) is 2.83. The van der Waals surface area contributed by atoms with Gasteiger partial charge in [-0.15, -0.1) is 0 Å². The van der Waals surface area contributed by atoms with Gasteiger partial charge >= 0.3 is 5.97 Å². The number of esters is 1. The number of carbonyl (C=O) groups is 2. The van der Waals surface area contributed by atoms with E-state index in [0.29, 0.717) is 30.0 Å². The highest BCUT2D eigenvalue weighted by molar-refractivity contribution is 5.84. The van der Waals surface area contributed by atoms with Crippen LogP contribution in [0.5, 0.6) is 0 Å². The monoisotopic (exact) mass is 252 g/mol. The molecule has 3 heteroatoms. The molecule has 0 amide bonds. The summed E-state index contributed by atoms with van der Waals surface area (Å²) in [6.07, 6.45) is 3.14. The molecular weight excluding hydrogens is 228 g/mol. The van der Waals surface area contributed by atoms with Gasteiger partial charge in [-0.25, -0.2) is 0 Å². The maximum Gasteiger partial charge on any atom is 0.305 e. The molecule has 0 bridgehead atoms. The van der Waals surface area contributed by atoms with E-state index in [1.54, 1.807) is 0 Å². The first-order valence-electron chi connectivity index (χ1n) is 6.99. The summed E-state index contributed by atoms with van der Waals surface area (Å²) >= 11 is 0. The molecule has 18 heavy (non-hydrogen) atoms. The Hall–Kier alpha value is -0.860. The smallest absolute Gasteiger partial charge is 0.305 e. The second kappa shape index (κ2) is 4.67. The van der Waals surface area contributed by atoms with Crippen LogP contribution in [0.3, 0.4) is 0 Å². The van der Waals surface area contributed by atoms with E-state index in [2.05, 4.69) is 20.8 Å². The quantitative estimate of drug-likeness (QED) is 0.723. The molecule has 0 aromatic heterocycles. The molecule has 3 nitrogen and oxygen atoms in total. The van der Waals surface area contributed by atoms with Gasteiger partial charge in [0, 0.05) is 18.8 Å². The van der Waals surface area contributed by atoms with Crippen molar-refractivity contribution in [2.75, 3.05) is 7.11 Å². The average molecular weight is 252 g/mol. The zero-order valence-corrected chi connectivity index (χ0v) is 11.9. The highest BCUT2D eigenvalue weighted by Gasteiger charge is 2.63. The third-order valence-corrected chi connectivity index (χ3v) is 5.24. The molecule has 2 rings (SSSR count). The summed E-state index contributed by atoms with van der Waals surface area (Å²) in [4.78, 5) is 23.2. The molecule has 2 aliphatic carbocycles. The Bertz CT molecular complexity index is 359. The summed E-state index contributed by atoms with van der Waals surface area (Å²) in [5.41, 5.74) is 0.215. The molecule has 0 N–H and O–H groups in total. The van der Waals surface area contributed by atoms with Crippen LogP contribution in [-0.2, 0) is 14.3 Å². The topological polar surface area (TPSA) is 43.4 Å². The van der Waals surface area contributed by atoms with Gasteiger partial charge in [0.1, 0.15) is 5.78 Å². The Balaban J connectivity index is 1.98. The van der Waals surface area contributed by atoms with Crippen molar-refractivity contribution in [2.45, 2.75) is 46.5 Å². The van der Waals surface area contributed by atoms with Crippen LogP contribution in [0.2, 0.25) is 0 Å². The number of methoxy groups -OCH3 is 1. The van der Waals surface area contributed by atoms with Gasteiger partial charge < -0.3 is 4.74 Å². The lowest BCUT2D eigenvalue weighted by Gasteiger charge is -2.15. The number of rotatable bonds is 4. The molecule has 0 aromatic carbocycles. The molecule has 102 valence electrons. The van der Waals surface area contributed by atoms with E-state index in [-0.39, 0.29) is 17.3 Å².